The fraction of sp³-hybridized carbons (Fsp3) is 0.925. The summed E-state index contributed by atoms with van der Waals surface area (Å²) in [5, 5.41) is 54.1. The Morgan fingerprint density at radius 1 is 0.562 bits per heavy atom. The monoisotopic (exact) mass is 912 g/mol. The smallest absolute Gasteiger partial charge is 0.305 e. The van der Waals surface area contributed by atoms with Crippen molar-refractivity contribution < 1.29 is 49.3 Å². The summed E-state index contributed by atoms with van der Waals surface area (Å²) in [7, 11) is 0. The Balaban J connectivity index is 2.10. The van der Waals surface area contributed by atoms with Gasteiger partial charge in [0.15, 0.2) is 6.29 Å². The van der Waals surface area contributed by atoms with E-state index in [9.17, 15) is 35.1 Å². The van der Waals surface area contributed by atoms with Crippen LogP contribution in [0.1, 0.15) is 251 Å². The molecule has 11 heteroatoms. The molecule has 1 rings (SSSR count). The van der Waals surface area contributed by atoms with Gasteiger partial charge in [-0.15, -0.1) is 0 Å². The number of carbonyl (C=O) groups excluding carboxylic acids is 2. The van der Waals surface area contributed by atoms with Gasteiger partial charge in [-0.1, -0.05) is 219 Å². The Morgan fingerprint density at radius 2 is 0.984 bits per heavy atom. The van der Waals surface area contributed by atoms with Crippen LogP contribution in [-0.4, -0.2) is 100 Å². The molecule has 0 spiro atoms. The molecule has 1 heterocycles. The summed E-state index contributed by atoms with van der Waals surface area (Å²) in [5.41, 5.74) is 0. The maximum atomic E-state index is 13.0. The zero-order valence-corrected chi connectivity index (χ0v) is 41.3. The summed E-state index contributed by atoms with van der Waals surface area (Å²) in [5.74, 6) is -0.222. The third-order valence-electron chi connectivity index (χ3n) is 12.9. The van der Waals surface area contributed by atoms with Crippen LogP contribution in [0.3, 0.4) is 0 Å². The van der Waals surface area contributed by atoms with Crippen LogP contribution in [-0.2, 0) is 23.8 Å². The summed E-state index contributed by atoms with van der Waals surface area (Å²) in [6, 6.07) is -0.816. The van der Waals surface area contributed by atoms with E-state index < -0.39 is 49.5 Å². The molecule has 1 fully saturated rings. The minimum absolute atomic E-state index is 0.0256. The molecule has 7 atom stereocenters. The van der Waals surface area contributed by atoms with Crippen molar-refractivity contribution in [3.63, 3.8) is 0 Å². The van der Waals surface area contributed by atoms with Crippen molar-refractivity contribution in [3.05, 3.63) is 12.2 Å². The highest BCUT2D eigenvalue weighted by Crippen LogP contribution is 2.23. The number of rotatable bonds is 46. The molecule has 0 aromatic rings. The van der Waals surface area contributed by atoms with Crippen LogP contribution < -0.4 is 5.32 Å². The molecule has 0 aromatic carbocycles. The lowest BCUT2D eigenvalue weighted by Gasteiger charge is -2.40. The molecular weight excluding hydrogens is 811 g/mol. The molecule has 0 saturated carbocycles. The topological polar surface area (TPSA) is 175 Å². The van der Waals surface area contributed by atoms with Gasteiger partial charge in [0.25, 0.3) is 0 Å². The normalized spacial score (nSPS) is 19.9. The molecule has 0 radical (unpaired) electrons. The predicted octanol–water partition coefficient (Wildman–Crippen LogP) is 11.2. The minimum atomic E-state index is -1.57. The molecule has 1 aliphatic heterocycles. The summed E-state index contributed by atoms with van der Waals surface area (Å²) in [4.78, 5) is 25.0. The van der Waals surface area contributed by atoms with Crippen LogP contribution in [0.25, 0.3) is 0 Å². The van der Waals surface area contributed by atoms with Crippen molar-refractivity contribution in [2.24, 2.45) is 0 Å². The number of amides is 1. The molecule has 6 N–H and O–H groups in total. The standard InChI is InChI=1S/C53H101NO10/c1-3-5-7-9-11-13-14-15-18-21-25-29-33-37-41-49(58)62-42-38-34-30-26-22-19-16-17-20-24-28-32-36-40-48(57)54-45(46(56)39-35-31-27-23-12-10-8-6-4-2)44-63-53-52(61)51(60)50(59)47(43-55)64-53/h35,39,45-47,50-53,55-56,59-61H,3-34,36-38,40-44H2,1-2H3,(H,54,57)/b39-35+. The Labute approximate surface area is 391 Å². The van der Waals surface area contributed by atoms with Crippen LogP contribution in [0.5, 0.6) is 0 Å². The number of unbranched alkanes of at least 4 members (excludes halogenated alkanes) is 32. The first-order valence-corrected chi connectivity index (χ1v) is 27.0. The maximum absolute atomic E-state index is 13.0. The SMILES string of the molecule is CCCCCCCCC/C=C/C(O)C(COC1OC(CO)C(O)C(O)C1O)NC(=O)CCCCCCCCCCCCCCCOC(=O)CCCCCCCCCCCCCCCC. The van der Waals surface area contributed by atoms with Gasteiger partial charge in [-0.3, -0.25) is 9.59 Å². The number of nitrogens with one attached hydrogen (secondary N) is 1. The predicted molar refractivity (Wildman–Crippen MR) is 260 cm³/mol. The van der Waals surface area contributed by atoms with E-state index >= 15 is 0 Å². The van der Waals surface area contributed by atoms with Gasteiger partial charge in [-0.25, -0.2) is 0 Å². The van der Waals surface area contributed by atoms with E-state index in [1.807, 2.05) is 6.08 Å². The molecule has 0 aliphatic carbocycles. The van der Waals surface area contributed by atoms with Gasteiger partial charge >= 0.3 is 5.97 Å². The van der Waals surface area contributed by atoms with E-state index in [0.717, 1.165) is 70.6 Å². The van der Waals surface area contributed by atoms with Crippen molar-refractivity contribution in [2.75, 3.05) is 19.8 Å². The fourth-order valence-electron chi connectivity index (χ4n) is 8.55. The highest BCUT2D eigenvalue weighted by atomic mass is 16.7. The molecule has 1 amide bonds. The number of hydrogen-bond donors (Lipinski definition) is 6. The van der Waals surface area contributed by atoms with Crippen LogP contribution in [0.2, 0.25) is 0 Å². The van der Waals surface area contributed by atoms with Gasteiger partial charge in [-0.05, 0) is 32.1 Å². The molecule has 0 bridgehead atoms. The van der Waals surface area contributed by atoms with Crippen molar-refractivity contribution in [1.82, 2.24) is 5.32 Å². The minimum Gasteiger partial charge on any atom is -0.466 e. The van der Waals surface area contributed by atoms with Crippen molar-refractivity contribution >= 4 is 11.9 Å². The second-order valence-corrected chi connectivity index (χ2v) is 18.9. The van der Waals surface area contributed by atoms with Gasteiger partial charge in [-0.2, -0.15) is 0 Å². The maximum Gasteiger partial charge on any atom is 0.305 e. The Hall–Kier alpha value is -1.60. The third kappa shape index (κ3) is 33.8. The number of aliphatic hydroxyl groups is 5. The van der Waals surface area contributed by atoms with Gasteiger partial charge in [0, 0.05) is 12.8 Å². The number of carbonyl (C=O) groups is 2. The first-order chi connectivity index (χ1) is 31.2. The van der Waals surface area contributed by atoms with Crippen molar-refractivity contribution in [3.8, 4) is 0 Å². The molecule has 64 heavy (non-hydrogen) atoms. The molecule has 378 valence electrons. The first kappa shape index (κ1) is 60.4. The first-order valence-electron chi connectivity index (χ1n) is 27.0. The van der Waals surface area contributed by atoms with Crippen molar-refractivity contribution in [2.45, 2.75) is 294 Å². The van der Waals surface area contributed by atoms with Gasteiger partial charge in [0.1, 0.15) is 24.4 Å². The van der Waals surface area contributed by atoms with E-state index in [-0.39, 0.29) is 18.5 Å². The molecule has 1 aliphatic rings. The van der Waals surface area contributed by atoms with Gasteiger partial charge < -0.3 is 45.1 Å². The Morgan fingerprint density at radius 3 is 1.45 bits per heavy atom. The summed E-state index contributed by atoms with van der Waals surface area (Å²) in [6.45, 7) is 4.27. The van der Waals surface area contributed by atoms with Crippen LogP contribution in [0.15, 0.2) is 12.2 Å². The zero-order chi connectivity index (χ0) is 46.7. The van der Waals surface area contributed by atoms with E-state index in [1.165, 1.54) is 154 Å². The average Bonchev–Trinajstić information content (AvgIpc) is 3.29. The Bertz CT molecular complexity index is 1080. The molecular formula is C53H101NO10. The number of allylic oxidation sites excluding steroid dienone is 1. The highest BCUT2D eigenvalue weighted by Gasteiger charge is 2.44. The number of hydrogen-bond acceptors (Lipinski definition) is 10. The summed E-state index contributed by atoms with van der Waals surface area (Å²) >= 11 is 0. The quantitative estimate of drug-likeness (QED) is 0.0196. The summed E-state index contributed by atoms with van der Waals surface area (Å²) < 4.78 is 16.6. The second kappa shape index (κ2) is 43.9. The van der Waals surface area contributed by atoms with Crippen LogP contribution in [0, 0.1) is 0 Å². The third-order valence-corrected chi connectivity index (χ3v) is 12.9. The summed E-state index contributed by atoms with van der Waals surface area (Å²) in [6.07, 6.45) is 38.7. The number of ether oxygens (including phenoxy) is 3. The van der Waals surface area contributed by atoms with E-state index in [4.69, 9.17) is 14.2 Å². The average molecular weight is 912 g/mol. The molecule has 0 aromatic heterocycles. The Kier molecular flexibility index (Phi) is 41.5. The van der Waals surface area contributed by atoms with E-state index in [2.05, 4.69) is 19.2 Å². The largest absolute Gasteiger partial charge is 0.466 e. The van der Waals surface area contributed by atoms with E-state index in [0.29, 0.717) is 19.4 Å². The molecule has 1 saturated heterocycles. The fourth-order valence-corrected chi connectivity index (χ4v) is 8.55. The molecule has 7 unspecified atom stereocenters. The molecule has 11 nitrogen and oxygen atoms in total. The lowest BCUT2D eigenvalue weighted by atomic mass is 9.99. The number of aliphatic hydroxyl groups excluding tert-OH is 5. The van der Waals surface area contributed by atoms with Crippen LogP contribution >= 0.6 is 0 Å². The van der Waals surface area contributed by atoms with Crippen molar-refractivity contribution in [1.29, 1.82) is 0 Å². The lowest BCUT2D eigenvalue weighted by molar-refractivity contribution is -0.302. The second-order valence-electron chi connectivity index (χ2n) is 18.9. The number of esters is 1. The van der Waals surface area contributed by atoms with E-state index in [1.54, 1.807) is 6.08 Å². The van der Waals surface area contributed by atoms with Crippen LogP contribution in [0.4, 0.5) is 0 Å². The highest BCUT2D eigenvalue weighted by molar-refractivity contribution is 5.76. The lowest BCUT2D eigenvalue weighted by Crippen LogP contribution is -2.60. The zero-order valence-electron chi connectivity index (χ0n) is 41.3. The van der Waals surface area contributed by atoms with Gasteiger partial charge in [0.2, 0.25) is 5.91 Å². The van der Waals surface area contributed by atoms with Gasteiger partial charge in [0.05, 0.1) is 32.0 Å².